The molecule has 3 heteroatoms. The van der Waals surface area contributed by atoms with Crippen LogP contribution in [0.1, 0.15) is 50.7 Å². The van der Waals surface area contributed by atoms with Gasteiger partial charge in [-0.1, -0.05) is 45.0 Å². The number of nitrogens with one attached hydrogen (secondary N) is 1. The Bertz CT molecular complexity index is 472. The highest BCUT2D eigenvalue weighted by molar-refractivity contribution is 5.82. The van der Waals surface area contributed by atoms with Gasteiger partial charge in [-0.05, 0) is 43.0 Å². The number of amides is 1. The molecule has 1 amide bonds. The molecule has 0 aliphatic carbocycles. The van der Waals surface area contributed by atoms with Crippen molar-refractivity contribution in [3.8, 4) is 0 Å². The van der Waals surface area contributed by atoms with Crippen molar-refractivity contribution < 1.29 is 4.79 Å². The fourth-order valence-corrected chi connectivity index (χ4v) is 3.01. The maximum atomic E-state index is 12.7. The molecule has 1 saturated heterocycles. The maximum absolute atomic E-state index is 12.7. The first-order chi connectivity index (χ1) is 9.92. The van der Waals surface area contributed by atoms with Gasteiger partial charge in [0.25, 0.3) is 0 Å². The van der Waals surface area contributed by atoms with Crippen LogP contribution in [0.5, 0.6) is 0 Å². The number of rotatable bonds is 4. The highest BCUT2D eigenvalue weighted by Gasteiger charge is 2.36. The van der Waals surface area contributed by atoms with Crippen LogP contribution in [0.2, 0.25) is 0 Å². The third-order valence-electron chi connectivity index (χ3n) is 4.64. The number of piperidine rings is 1. The first-order valence-electron chi connectivity index (χ1n) is 7.97. The largest absolute Gasteiger partial charge is 0.341 e. The second kappa shape index (κ2) is 6.61. The van der Waals surface area contributed by atoms with E-state index in [0.29, 0.717) is 12.5 Å². The lowest BCUT2D eigenvalue weighted by Gasteiger charge is -2.36. The summed E-state index contributed by atoms with van der Waals surface area (Å²) in [5, 5.41) is 3.33. The van der Waals surface area contributed by atoms with E-state index in [9.17, 15) is 4.79 Å². The molecule has 1 aliphatic heterocycles. The minimum Gasteiger partial charge on any atom is -0.341 e. The van der Waals surface area contributed by atoms with E-state index in [1.807, 2.05) is 11.9 Å². The van der Waals surface area contributed by atoms with Gasteiger partial charge in [0, 0.05) is 19.0 Å². The zero-order valence-corrected chi connectivity index (χ0v) is 13.8. The van der Waals surface area contributed by atoms with Gasteiger partial charge in [-0.15, -0.1) is 0 Å². The zero-order chi connectivity index (χ0) is 15.5. The van der Waals surface area contributed by atoms with Crippen molar-refractivity contribution in [2.75, 3.05) is 20.1 Å². The summed E-state index contributed by atoms with van der Waals surface area (Å²) in [5.41, 5.74) is 2.35. The van der Waals surface area contributed by atoms with E-state index >= 15 is 0 Å². The Hall–Kier alpha value is -1.35. The van der Waals surface area contributed by atoms with Crippen molar-refractivity contribution >= 4 is 5.91 Å². The quantitative estimate of drug-likeness (QED) is 0.923. The minimum absolute atomic E-state index is 0.197. The molecule has 0 bridgehead atoms. The molecule has 0 saturated carbocycles. The summed E-state index contributed by atoms with van der Waals surface area (Å²) >= 11 is 0. The lowest BCUT2D eigenvalue weighted by molar-refractivity contribution is -0.141. The van der Waals surface area contributed by atoms with Gasteiger partial charge in [-0.25, -0.2) is 0 Å². The zero-order valence-electron chi connectivity index (χ0n) is 13.8. The van der Waals surface area contributed by atoms with Crippen LogP contribution in [-0.2, 0) is 11.3 Å². The van der Waals surface area contributed by atoms with E-state index in [2.05, 4.69) is 50.4 Å². The Kier molecular flexibility index (Phi) is 5.04. The van der Waals surface area contributed by atoms with E-state index in [1.54, 1.807) is 0 Å². The average Bonchev–Trinajstić information content (AvgIpc) is 2.47. The number of hydrogen-bond donors (Lipinski definition) is 1. The molecule has 2 rings (SSSR count). The smallest absolute Gasteiger partial charge is 0.228 e. The Balaban J connectivity index is 2.00. The van der Waals surface area contributed by atoms with Crippen LogP contribution in [-0.4, -0.2) is 30.9 Å². The van der Waals surface area contributed by atoms with Gasteiger partial charge in [0.2, 0.25) is 5.91 Å². The molecular formula is C18H28N2O. The maximum Gasteiger partial charge on any atom is 0.228 e. The highest BCUT2D eigenvalue weighted by Crippen LogP contribution is 2.30. The normalized spacial score (nSPS) is 17.8. The van der Waals surface area contributed by atoms with Crippen molar-refractivity contribution in [3.63, 3.8) is 0 Å². The third-order valence-corrected chi connectivity index (χ3v) is 4.64. The predicted molar refractivity (Wildman–Crippen MR) is 87.2 cm³/mol. The van der Waals surface area contributed by atoms with Crippen molar-refractivity contribution in [2.45, 2.75) is 46.1 Å². The van der Waals surface area contributed by atoms with Crippen molar-refractivity contribution in [3.05, 3.63) is 35.4 Å². The molecule has 1 aromatic carbocycles. The van der Waals surface area contributed by atoms with Crippen LogP contribution in [0.4, 0.5) is 0 Å². The predicted octanol–water partition coefficient (Wildman–Crippen LogP) is 3.16. The molecule has 1 aromatic rings. The van der Waals surface area contributed by atoms with Gasteiger partial charge in [0.05, 0.1) is 0 Å². The van der Waals surface area contributed by atoms with Crippen LogP contribution >= 0.6 is 0 Å². The van der Waals surface area contributed by atoms with Gasteiger partial charge in [-0.3, -0.25) is 4.79 Å². The summed E-state index contributed by atoms with van der Waals surface area (Å²) in [5.74, 6) is 0.823. The Morgan fingerprint density at radius 3 is 2.33 bits per heavy atom. The lowest BCUT2D eigenvalue weighted by atomic mass is 9.79. The van der Waals surface area contributed by atoms with Crippen molar-refractivity contribution in [1.82, 2.24) is 10.2 Å². The van der Waals surface area contributed by atoms with E-state index in [1.165, 1.54) is 11.1 Å². The van der Waals surface area contributed by atoms with Crippen molar-refractivity contribution in [2.24, 2.45) is 5.41 Å². The van der Waals surface area contributed by atoms with Crippen LogP contribution in [0.15, 0.2) is 24.3 Å². The SMILES string of the molecule is CC(C)c1ccc(CN(C)C(=O)C2(C)CCNCC2)cc1. The fraction of sp³-hybridized carbons (Fsp3) is 0.611. The molecule has 0 radical (unpaired) electrons. The first-order valence-corrected chi connectivity index (χ1v) is 7.97. The van der Waals surface area contributed by atoms with Crippen molar-refractivity contribution in [1.29, 1.82) is 0 Å². The first kappa shape index (κ1) is 16.0. The lowest BCUT2D eigenvalue weighted by Crippen LogP contribution is -2.46. The molecule has 1 heterocycles. The van der Waals surface area contributed by atoms with Gasteiger partial charge in [0.1, 0.15) is 0 Å². The molecular weight excluding hydrogens is 260 g/mol. The number of benzene rings is 1. The van der Waals surface area contributed by atoms with E-state index in [0.717, 1.165) is 25.9 Å². The van der Waals surface area contributed by atoms with Gasteiger partial charge in [-0.2, -0.15) is 0 Å². The molecule has 3 nitrogen and oxygen atoms in total. The molecule has 1 fully saturated rings. The molecule has 1 N–H and O–H groups in total. The third kappa shape index (κ3) is 3.85. The molecule has 0 aromatic heterocycles. The summed E-state index contributed by atoms with van der Waals surface area (Å²) in [4.78, 5) is 14.6. The second-order valence-corrected chi connectivity index (χ2v) is 6.87. The Labute approximate surface area is 128 Å². The fourth-order valence-electron chi connectivity index (χ4n) is 3.01. The minimum atomic E-state index is -0.197. The summed E-state index contributed by atoms with van der Waals surface area (Å²) < 4.78 is 0. The van der Waals surface area contributed by atoms with Gasteiger partial charge < -0.3 is 10.2 Å². The molecule has 0 unspecified atom stereocenters. The van der Waals surface area contributed by atoms with Crippen LogP contribution in [0.3, 0.4) is 0 Å². The van der Waals surface area contributed by atoms with E-state index in [-0.39, 0.29) is 11.3 Å². The van der Waals surface area contributed by atoms with Crippen LogP contribution in [0, 0.1) is 5.41 Å². The molecule has 21 heavy (non-hydrogen) atoms. The number of nitrogens with zero attached hydrogens (tertiary/aromatic N) is 1. The topological polar surface area (TPSA) is 32.3 Å². The average molecular weight is 288 g/mol. The van der Waals surface area contributed by atoms with E-state index in [4.69, 9.17) is 0 Å². The Morgan fingerprint density at radius 2 is 1.81 bits per heavy atom. The molecule has 0 spiro atoms. The number of carbonyl (C=O) groups is 1. The summed E-state index contributed by atoms with van der Waals surface area (Å²) in [6.07, 6.45) is 1.87. The van der Waals surface area contributed by atoms with Crippen LogP contribution in [0.25, 0.3) is 0 Å². The van der Waals surface area contributed by atoms with Gasteiger partial charge in [0.15, 0.2) is 0 Å². The summed E-state index contributed by atoms with van der Waals surface area (Å²) in [7, 11) is 1.92. The molecule has 1 aliphatic rings. The molecule has 116 valence electrons. The van der Waals surface area contributed by atoms with Crippen LogP contribution < -0.4 is 5.32 Å². The molecule has 0 atom stereocenters. The summed E-state index contributed by atoms with van der Waals surface area (Å²) in [6, 6.07) is 8.63. The highest BCUT2D eigenvalue weighted by atomic mass is 16.2. The van der Waals surface area contributed by atoms with Gasteiger partial charge >= 0.3 is 0 Å². The summed E-state index contributed by atoms with van der Waals surface area (Å²) in [6.45, 7) is 9.08. The number of hydrogen-bond acceptors (Lipinski definition) is 2. The second-order valence-electron chi connectivity index (χ2n) is 6.87. The number of carbonyl (C=O) groups excluding carboxylic acids is 1. The Morgan fingerprint density at radius 1 is 1.24 bits per heavy atom. The standard InChI is InChI=1S/C18H28N2O/c1-14(2)16-7-5-15(6-8-16)13-20(4)17(21)18(3)9-11-19-12-10-18/h5-8,14,19H,9-13H2,1-4H3. The van der Waals surface area contributed by atoms with E-state index < -0.39 is 0 Å². The monoisotopic (exact) mass is 288 g/mol.